The molecule has 0 aliphatic carbocycles. The molecule has 1 aliphatic heterocycles. The highest BCUT2D eigenvalue weighted by atomic mass is 16.2. The van der Waals surface area contributed by atoms with Gasteiger partial charge < -0.3 is 10.6 Å². The predicted molar refractivity (Wildman–Crippen MR) is 104 cm³/mol. The number of benzene rings is 2. The molecule has 1 aliphatic rings. The van der Waals surface area contributed by atoms with E-state index in [1.807, 2.05) is 36.4 Å². The van der Waals surface area contributed by atoms with Crippen LogP contribution in [0.25, 0.3) is 11.1 Å². The van der Waals surface area contributed by atoms with Crippen LogP contribution in [0, 0.1) is 5.92 Å². The molecule has 136 valence electrons. The van der Waals surface area contributed by atoms with Gasteiger partial charge in [0.2, 0.25) is 5.91 Å². The minimum Gasteiger partial charge on any atom is -0.369 e. The molecule has 0 aromatic heterocycles. The summed E-state index contributed by atoms with van der Waals surface area (Å²) >= 11 is 0. The van der Waals surface area contributed by atoms with Crippen LogP contribution in [0.3, 0.4) is 0 Å². The molecule has 26 heavy (non-hydrogen) atoms. The Morgan fingerprint density at radius 3 is 2.62 bits per heavy atom. The Morgan fingerprint density at radius 2 is 1.88 bits per heavy atom. The molecule has 0 radical (unpaired) electrons. The number of nitrogens with zero attached hydrogens (tertiary/aromatic N) is 1. The maximum absolute atomic E-state index is 12.9. The summed E-state index contributed by atoms with van der Waals surface area (Å²) in [5.74, 6) is -0.177. The fourth-order valence-corrected chi connectivity index (χ4v) is 3.66. The highest BCUT2D eigenvalue weighted by Crippen LogP contribution is 2.30. The third-order valence-electron chi connectivity index (χ3n) is 5.11. The molecule has 3 rings (SSSR count). The van der Waals surface area contributed by atoms with Crippen LogP contribution in [0.15, 0.2) is 48.5 Å². The fraction of sp³-hybridized carbons (Fsp3) is 0.364. The molecule has 2 aromatic carbocycles. The Labute approximate surface area is 155 Å². The van der Waals surface area contributed by atoms with Gasteiger partial charge in [0, 0.05) is 18.7 Å². The average molecular weight is 350 g/mol. The average Bonchev–Trinajstić information content (AvgIpc) is 2.67. The zero-order valence-corrected chi connectivity index (χ0v) is 15.4. The van der Waals surface area contributed by atoms with Crippen molar-refractivity contribution >= 4 is 11.8 Å². The number of rotatable bonds is 4. The second-order valence-electron chi connectivity index (χ2n) is 7.32. The number of hydrogen-bond donors (Lipinski definition) is 1. The molecule has 0 bridgehead atoms. The number of hydrogen-bond acceptors (Lipinski definition) is 2. The van der Waals surface area contributed by atoms with Gasteiger partial charge in [-0.25, -0.2) is 0 Å². The Morgan fingerprint density at radius 1 is 1.12 bits per heavy atom. The predicted octanol–water partition coefficient (Wildman–Crippen LogP) is 3.81. The molecule has 0 unspecified atom stereocenters. The van der Waals surface area contributed by atoms with Crippen LogP contribution in [0.4, 0.5) is 0 Å². The van der Waals surface area contributed by atoms with Crippen LogP contribution < -0.4 is 5.73 Å². The molecule has 2 N–H and O–H groups in total. The van der Waals surface area contributed by atoms with E-state index in [1.54, 1.807) is 4.90 Å². The molecule has 1 saturated heterocycles. The summed E-state index contributed by atoms with van der Waals surface area (Å²) in [6.07, 6.45) is 1.58. The highest BCUT2D eigenvalue weighted by Gasteiger charge is 2.27. The summed E-state index contributed by atoms with van der Waals surface area (Å²) in [5, 5.41) is 0. The zero-order chi connectivity index (χ0) is 18.7. The van der Waals surface area contributed by atoms with E-state index in [2.05, 4.69) is 26.0 Å². The molecule has 1 heterocycles. The van der Waals surface area contributed by atoms with E-state index < -0.39 is 0 Å². The lowest BCUT2D eigenvalue weighted by Gasteiger charge is -2.31. The molecule has 1 fully saturated rings. The van der Waals surface area contributed by atoms with Crippen molar-refractivity contribution in [2.45, 2.75) is 32.6 Å². The van der Waals surface area contributed by atoms with Crippen molar-refractivity contribution in [2.75, 3.05) is 13.1 Å². The molecular weight excluding hydrogens is 324 g/mol. The number of carbonyl (C=O) groups is 2. The molecule has 2 amide bonds. The van der Waals surface area contributed by atoms with Gasteiger partial charge in [-0.2, -0.15) is 0 Å². The normalized spacial score (nSPS) is 17.3. The van der Waals surface area contributed by atoms with Gasteiger partial charge in [0.25, 0.3) is 5.91 Å². The van der Waals surface area contributed by atoms with E-state index in [4.69, 9.17) is 5.73 Å². The van der Waals surface area contributed by atoms with Gasteiger partial charge in [0.1, 0.15) is 0 Å². The van der Waals surface area contributed by atoms with Crippen LogP contribution in [0.5, 0.6) is 0 Å². The van der Waals surface area contributed by atoms with Gasteiger partial charge in [0.05, 0.1) is 5.92 Å². The largest absolute Gasteiger partial charge is 0.369 e. The van der Waals surface area contributed by atoms with E-state index in [0.717, 1.165) is 24.0 Å². The quantitative estimate of drug-likeness (QED) is 0.911. The van der Waals surface area contributed by atoms with E-state index in [-0.39, 0.29) is 17.7 Å². The van der Waals surface area contributed by atoms with Gasteiger partial charge in [-0.05, 0) is 47.6 Å². The monoisotopic (exact) mass is 350 g/mol. The first-order valence-electron chi connectivity index (χ1n) is 9.25. The number of amides is 2. The first kappa shape index (κ1) is 18.2. The molecule has 0 spiro atoms. The van der Waals surface area contributed by atoms with Crippen molar-refractivity contribution in [3.05, 3.63) is 59.7 Å². The minimum absolute atomic E-state index is 0.0279. The first-order chi connectivity index (χ1) is 12.5. The second-order valence-corrected chi connectivity index (χ2v) is 7.32. The topological polar surface area (TPSA) is 63.4 Å². The number of piperidine rings is 1. The van der Waals surface area contributed by atoms with Crippen molar-refractivity contribution in [2.24, 2.45) is 11.7 Å². The lowest BCUT2D eigenvalue weighted by molar-refractivity contribution is -0.123. The Hall–Kier alpha value is -2.62. The number of likely N-dealkylation sites (tertiary alicyclic amines) is 1. The summed E-state index contributed by atoms with van der Waals surface area (Å²) in [5.41, 5.74) is 9.57. The molecule has 4 nitrogen and oxygen atoms in total. The molecule has 0 saturated carbocycles. The third kappa shape index (κ3) is 3.79. The summed E-state index contributed by atoms with van der Waals surface area (Å²) < 4.78 is 0. The van der Waals surface area contributed by atoms with E-state index in [1.165, 1.54) is 5.56 Å². The van der Waals surface area contributed by atoms with Crippen LogP contribution in [-0.2, 0) is 4.79 Å². The fourth-order valence-electron chi connectivity index (χ4n) is 3.66. The van der Waals surface area contributed by atoms with Crippen molar-refractivity contribution in [1.29, 1.82) is 0 Å². The summed E-state index contributed by atoms with van der Waals surface area (Å²) in [4.78, 5) is 26.2. The number of nitrogens with two attached hydrogens (primary N) is 1. The Bertz CT molecular complexity index is 813. The van der Waals surface area contributed by atoms with Crippen molar-refractivity contribution in [3.63, 3.8) is 0 Å². The minimum atomic E-state index is -0.317. The van der Waals surface area contributed by atoms with Crippen LogP contribution >= 0.6 is 0 Å². The SMILES string of the molecule is CC(C)c1ccccc1-c1cccc(C(=O)N2CCC[C@H](C(N)=O)C2)c1. The highest BCUT2D eigenvalue weighted by molar-refractivity contribution is 5.96. The summed E-state index contributed by atoms with van der Waals surface area (Å²) in [7, 11) is 0. The maximum atomic E-state index is 12.9. The lowest BCUT2D eigenvalue weighted by atomic mass is 9.91. The first-order valence-corrected chi connectivity index (χ1v) is 9.25. The van der Waals surface area contributed by atoms with Crippen LogP contribution in [0.1, 0.15) is 48.5 Å². The summed E-state index contributed by atoms with van der Waals surface area (Å²) in [6, 6.07) is 16.1. The van der Waals surface area contributed by atoms with Gasteiger partial charge in [0.15, 0.2) is 0 Å². The van der Waals surface area contributed by atoms with Gasteiger partial charge in [-0.1, -0.05) is 50.2 Å². The number of primary amides is 1. The van der Waals surface area contributed by atoms with Crippen molar-refractivity contribution in [3.8, 4) is 11.1 Å². The lowest BCUT2D eigenvalue weighted by Crippen LogP contribution is -2.44. The third-order valence-corrected chi connectivity index (χ3v) is 5.11. The van der Waals surface area contributed by atoms with Crippen molar-refractivity contribution < 1.29 is 9.59 Å². The second kappa shape index (κ2) is 7.73. The van der Waals surface area contributed by atoms with Crippen LogP contribution in [-0.4, -0.2) is 29.8 Å². The summed E-state index contributed by atoms with van der Waals surface area (Å²) in [6.45, 7) is 5.44. The van der Waals surface area contributed by atoms with Crippen LogP contribution in [0.2, 0.25) is 0 Å². The van der Waals surface area contributed by atoms with Gasteiger partial charge >= 0.3 is 0 Å². The smallest absolute Gasteiger partial charge is 0.253 e. The molecular formula is C22H26N2O2. The Kier molecular flexibility index (Phi) is 5.40. The van der Waals surface area contributed by atoms with Gasteiger partial charge in [-0.3, -0.25) is 9.59 Å². The molecule has 4 heteroatoms. The zero-order valence-electron chi connectivity index (χ0n) is 15.4. The van der Waals surface area contributed by atoms with Crippen molar-refractivity contribution in [1.82, 2.24) is 4.90 Å². The standard InChI is InChI=1S/C22H26N2O2/c1-15(2)19-10-3-4-11-20(19)16-7-5-8-17(13-16)22(26)24-12-6-9-18(14-24)21(23)25/h3-5,7-8,10-11,13,15,18H,6,9,12,14H2,1-2H3,(H2,23,25)/t18-/m0/s1. The van der Waals surface area contributed by atoms with E-state index in [0.29, 0.717) is 24.6 Å². The number of carbonyl (C=O) groups excluding carboxylic acids is 2. The maximum Gasteiger partial charge on any atom is 0.253 e. The van der Waals surface area contributed by atoms with E-state index in [9.17, 15) is 9.59 Å². The Balaban J connectivity index is 1.88. The molecule has 2 aromatic rings. The van der Waals surface area contributed by atoms with Gasteiger partial charge in [-0.15, -0.1) is 0 Å². The van der Waals surface area contributed by atoms with E-state index >= 15 is 0 Å². The molecule has 1 atom stereocenters.